The molecule has 2 heterocycles. The van der Waals surface area contributed by atoms with E-state index in [9.17, 15) is 27.3 Å². The Bertz CT molecular complexity index is 1530. The molecule has 1 N–H and O–H groups in total. The zero-order valence-corrected chi connectivity index (χ0v) is 18.8. The molecule has 1 saturated heterocycles. The molecule has 2 fully saturated rings. The molecule has 5 rings (SSSR count). The van der Waals surface area contributed by atoms with Gasteiger partial charge in [-0.15, -0.1) is 0 Å². The molecule has 2 aliphatic rings. The van der Waals surface area contributed by atoms with E-state index < -0.39 is 33.4 Å². The maximum absolute atomic E-state index is 14.6. The molecular formula is C22H19F2N5O4S. The SMILES string of the molecule is Cn1cnc2ccc(Oc3c(F)ccc(NS(=O)(=O)N4CC5(CCC5F)C4)c3C#N)cc2c1=O. The average molecular weight is 487 g/mol. The Kier molecular flexibility index (Phi) is 5.07. The number of benzene rings is 2. The van der Waals surface area contributed by atoms with Crippen molar-refractivity contribution in [2.24, 2.45) is 12.5 Å². The fourth-order valence-electron chi connectivity index (χ4n) is 4.27. The lowest BCUT2D eigenvalue weighted by atomic mass is 9.63. The summed E-state index contributed by atoms with van der Waals surface area (Å²) >= 11 is 0. The summed E-state index contributed by atoms with van der Waals surface area (Å²) in [4.78, 5) is 16.5. The lowest BCUT2D eigenvalue weighted by molar-refractivity contribution is -0.0889. The van der Waals surface area contributed by atoms with Crippen molar-refractivity contribution < 1.29 is 21.9 Å². The van der Waals surface area contributed by atoms with Crippen LogP contribution in [0.3, 0.4) is 0 Å². The second kappa shape index (κ2) is 7.75. The molecule has 1 saturated carbocycles. The fraction of sp³-hybridized carbons (Fsp3) is 0.318. The molecule has 1 spiro atoms. The van der Waals surface area contributed by atoms with Gasteiger partial charge in [0.15, 0.2) is 11.6 Å². The van der Waals surface area contributed by atoms with Crippen LogP contribution in [-0.4, -0.2) is 41.5 Å². The molecule has 1 atom stereocenters. The average Bonchev–Trinajstić information content (AvgIpc) is 2.76. The van der Waals surface area contributed by atoms with Gasteiger partial charge in [-0.05, 0) is 43.2 Å². The van der Waals surface area contributed by atoms with Gasteiger partial charge in [-0.1, -0.05) is 0 Å². The Hall–Kier alpha value is -3.56. The summed E-state index contributed by atoms with van der Waals surface area (Å²) in [5.41, 5.74) is -1.10. The van der Waals surface area contributed by atoms with Crippen LogP contribution < -0.4 is 15.0 Å². The first kappa shape index (κ1) is 22.2. The minimum absolute atomic E-state index is 0.0516. The monoisotopic (exact) mass is 487 g/mol. The minimum Gasteiger partial charge on any atom is -0.453 e. The third kappa shape index (κ3) is 3.48. The number of aryl methyl sites for hydroxylation is 1. The van der Waals surface area contributed by atoms with E-state index in [-0.39, 0.29) is 41.0 Å². The fourth-order valence-corrected chi connectivity index (χ4v) is 5.70. The van der Waals surface area contributed by atoms with Gasteiger partial charge in [0.25, 0.3) is 5.56 Å². The van der Waals surface area contributed by atoms with Crippen molar-refractivity contribution in [2.45, 2.75) is 19.0 Å². The Morgan fingerprint density at radius 1 is 1.29 bits per heavy atom. The van der Waals surface area contributed by atoms with Gasteiger partial charge in [-0.3, -0.25) is 9.52 Å². The van der Waals surface area contributed by atoms with E-state index in [1.807, 2.05) is 0 Å². The van der Waals surface area contributed by atoms with E-state index in [1.54, 1.807) is 6.07 Å². The maximum Gasteiger partial charge on any atom is 0.301 e. The van der Waals surface area contributed by atoms with Crippen LogP contribution in [0.25, 0.3) is 10.9 Å². The molecule has 176 valence electrons. The number of halogens is 2. The molecule has 34 heavy (non-hydrogen) atoms. The molecule has 1 aromatic heterocycles. The molecule has 3 aromatic rings. The highest BCUT2D eigenvalue weighted by atomic mass is 32.2. The van der Waals surface area contributed by atoms with Crippen LogP contribution in [0.1, 0.15) is 18.4 Å². The zero-order chi connectivity index (χ0) is 24.3. The van der Waals surface area contributed by atoms with Crippen molar-refractivity contribution in [3.63, 3.8) is 0 Å². The van der Waals surface area contributed by atoms with Crippen LogP contribution in [0.2, 0.25) is 0 Å². The van der Waals surface area contributed by atoms with Gasteiger partial charge in [0.05, 0.1) is 22.9 Å². The van der Waals surface area contributed by atoms with E-state index in [2.05, 4.69) is 9.71 Å². The molecule has 0 amide bonds. The third-order valence-corrected chi connectivity index (χ3v) is 7.87. The number of nitrogens with zero attached hydrogens (tertiary/aromatic N) is 4. The van der Waals surface area contributed by atoms with E-state index in [4.69, 9.17) is 4.74 Å². The van der Waals surface area contributed by atoms with Crippen molar-refractivity contribution in [1.29, 1.82) is 5.26 Å². The largest absolute Gasteiger partial charge is 0.453 e. The highest BCUT2D eigenvalue weighted by Crippen LogP contribution is 2.51. The van der Waals surface area contributed by atoms with Crippen molar-refractivity contribution in [3.8, 4) is 17.6 Å². The summed E-state index contributed by atoms with van der Waals surface area (Å²) in [5, 5.41) is 9.90. The molecular weight excluding hydrogens is 468 g/mol. The first-order valence-corrected chi connectivity index (χ1v) is 11.9. The van der Waals surface area contributed by atoms with E-state index >= 15 is 0 Å². The van der Waals surface area contributed by atoms with Crippen molar-refractivity contribution in [2.75, 3.05) is 17.8 Å². The molecule has 1 unspecified atom stereocenters. The van der Waals surface area contributed by atoms with Crippen molar-refractivity contribution in [3.05, 3.63) is 58.4 Å². The number of fused-ring (bicyclic) bond motifs is 1. The zero-order valence-electron chi connectivity index (χ0n) is 18.0. The number of anilines is 1. The topological polar surface area (TPSA) is 117 Å². The number of hydrogen-bond donors (Lipinski definition) is 1. The van der Waals surface area contributed by atoms with Crippen LogP contribution in [0.4, 0.5) is 14.5 Å². The first-order valence-electron chi connectivity index (χ1n) is 10.4. The molecule has 12 heteroatoms. The molecule has 9 nitrogen and oxygen atoms in total. The molecule has 0 radical (unpaired) electrons. The first-order chi connectivity index (χ1) is 16.1. The van der Waals surface area contributed by atoms with Gasteiger partial charge < -0.3 is 9.30 Å². The van der Waals surface area contributed by atoms with Gasteiger partial charge in [0, 0.05) is 25.6 Å². The lowest BCUT2D eigenvalue weighted by Gasteiger charge is -2.56. The van der Waals surface area contributed by atoms with Crippen molar-refractivity contribution in [1.82, 2.24) is 13.9 Å². The second-order valence-corrected chi connectivity index (χ2v) is 10.3. The second-order valence-electron chi connectivity index (χ2n) is 8.60. The smallest absolute Gasteiger partial charge is 0.301 e. The Morgan fingerprint density at radius 3 is 2.71 bits per heavy atom. The van der Waals surface area contributed by atoms with Crippen LogP contribution in [-0.2, 0) is 17.3 Å². The summed E-state index contributed by atoms with van der Waals surface area (Å²) in [6.45, 7) is 0.103. The van der Waals surface area contributed by atoms with Crippen LogP contribution in [0, 0.1) is 22.6 Å². The Labute approximate surface area is 193 Å². The van der Waals surface area contributed by atoms with Gasteiger partial charge in [-0.25, -0.2) is 13.8 Å². The summed E-state index contributed by atoms with van der Waals surface area (Å²) in [5.74, 6) is -1.32. The van der Waals surface area contributed by atoms with Crippen LogP contribution >= 0.6 is 0 Å². The number of ether oxygens (including phenoxy) is 1. The Morgan fingerprint density at radius 2 is 2.06 bits per heavy atom. The quantitative estimate of drug-likeness (QED) is 0.592. The summed E-state index contributed by atoms with van der Waals surface area (Å²) in [6, 6.07) is 8.21. The maximum atomic E-state index is 14.6. The predicted octanol–water partition coefficient (Wildman–Crippen LogP) is 2.83. The number of alkyl halides is 1. The van der Waals surface area contributed by atoms with E-state index in [1.165, 1.54) is 36.1 Å². The molecule has 2 aromatic carbocycles. The number of rotatable bonds is 5. The van der Waals surface area contributed by atoms with Gasteiger partial charge >= 0.3 is 10.2 Å². The minimum atomic E-state index is -4.09. The standard InChI is InChI=1S/C22H19F2N5O4S/c1-28-12-26-17-4-2-13(8-14(17)21(28)30)33-20-15(9-25)18(5-3-16(20)23)27-34(31,32)29-10-22(11-29)7-6-19(22)24/h2-5,8,12,19,27H,6-7,10-11H2,1H3. The lowest BCUT2D eigenvalue weighted by Crippen LogP contribution is -2.67. The molecule has 1 aliphatic carbocycles. The van der Waals surface area contributed by atoms with E-state index in [0.29, 0.717) is 18.4 Å². The third-order valence-electron chi connectivity index (χ3n) is 6.45. The predicted molar refractivity (Wildman–Crippen MR) is 119 cm³/mol. The summed E-state index contributed by atoms with van der Waals surface area (Å²) in [7, 11) is -2.55. The summed E-state index contributed by atoms with van der Waals surface area (Å²) in [6.07, 6.45) is 1.40. The van der Waals surface area contributed by atoms with Gasteiger partial charge in [-0.2, -0.15) is 18.0 Å². The van der Waals surface area contributed by atoms with Crippen LogP contribution in [0.15, 0.2) is 41.5 Å². The van der Waals surface area contributed by atoms with E-state index in [0.717, 1.165) is 16.4 Å². The summed E-state index contributed by atoms with van der Waals surface area (Å²) < 4.78 is 64.2. The Balaban J connectivity index is 1.44. The normalized spacial score (nSPS) is 19.3. The number of aromatic nitrogens is 2. The molecule has 0 bridgehead atoms. The highest BCUT2D eigenvalue weighted by molar-refractivity contribution is 7.90. The van der Waals surface area contributed by atoms with Gasteiger partial charge in [0.2, 0.25) is 0 Å². The number of nitriles is 1. The highest BCUT2D eigenvalue weighted by Gasteiger charge is 2.58. The number of hydrogen-bond acceptors (Lipinski definition) is 6. The number of nitrogens with one attached hydrogen (secondary N) is 1. The van der Waals surface area contributed by atoms with Crippen molar-refractivity contribution >= 4 is 26.8 Å². The molecule has 1 aliphatic heterocycles. The van der Waals surface area contributed by atoms with Gasteiger partial charge in [0.1, 0.15) is 23.6 Å². The van der Waals surface area contributed by atoms with Crippen LogP contribution in [0.5, 0.6) is 11.5 Å².